The molecule has 0 saturated carbocycles. The summed E-state index contributed by atoms with van der Waals surface area (Å²) in [5.41, 5.74) is 0. The zero-order valence-electron chi connectivity index (χ0n) is 7.01. The van der Waals surface area contributed by atoms with E-state index in [9.17, 15) is 0 Å². The summed E-state index contributed by atoms with van der Waals surface area (Å²) < 4.78 is 1.18. The van der Waals surface area contributed by atoms with Crippen molar-refractivity contribution in [2.75, 3.05) is 7.05 Å². The third kappa shape index (κ3) is 2.44. The normalized spacial score (nSPS) is 12.8. The lowest BCUT2D eigenvalue weighted by molar-refractivity contribution is 0.614. The van der Waals surface area contributed by atoms with Gasteiger partial charge >= 0.3 is 0 Å². The molecular formula is C9H12BrNS. The van der Waals surface area contributed by atoms with Gasteiger partial charge in [-0.1, -0.05) is 6.08 Å². The number of thiophene rings is 1. The van der Waals surface area contributed by atoms with Gasteiger partial charge in [0.05, 0.1) is 3.79 Å². The minimum absolute atomic E-state index is 0.416. The zero-order valence-corrected chi connectivity index (χ0v) is 9.41. The molecule has 1 aromatic heterocycles. The Kier molecular flexibility index (Phi) is 3.98. The highest BCUT2D eigenvalue weighted by Crippen LogP contribution is 2.28. The molecule has 66 valence electrons. The van der Waals surface area contributed by atoms with Crippen LogP contribution in [0.25, 0.3) is 0 Å². The van der Waals surface area contributed by atoms with Crippen molar-refractivity contribution < 1.29 is 0 Å². The van der Waals surface area contributed by atoms with E-state index in [1.807, 2.05) is 13.1 Å². The Morgan fingerprint density at radius 2 is 2.50 bits per heavy atom. The topological polar surface area (TPSA) is 12.0 Å². The molecule has 1 rings (SSSR count). The summed E-state index contributed by atoms with van der Waals surface area (Å²) in [7, 11) is 1.97. The van der Waals surface area contributed by atoms with Crippen LogP contribution in [0.5, 0.6) is 0 Å². The fourth-order valence-corrected chi connectivity index (χ4v) is 2.61. The molecule has 0 aromatic carbocycles. The Balaban J connectivity index is 2.72. The van der Waals surface area contributed by atoms with Gasteiger partial charge in [-0.3, -0.25) is 0 Å². The van der Waals surface area contributed by atoms with Gasteiger partial charge in [0.2, 0.25) is 0 Å². The highest BCUT2D eigenvalue weighted by atomic mass is 79.9. The molecule has 1 nitrogen and oxygen atoms in total. The van der Waals surface area contributed by atoms with Crippen molar-refractivity contribution in [3.05, 3.63) is 33.5 Å². The zero-order chi connectivity index (χ0) is 8.97. The first-order chi connectivity index (χ1) is 5.77. The molecule has 1 N–H and O–H groups in total. The highest BCUT2D eigenvalue weighted by molar-refractivity contribution is 9.11. The molecular weight excluding hydrogens is 234 g/mol. The van der Waals surface area contributed by atoms with Crippen LogP contribution in [0.1, 0.15) is 17.3 Å². The van der Waals surface area contributed by atoms with Crippen LogP contribution in [0.15, 0.2) is 28.6 Å². The largest absolute Gasteiger partial charge is 0.312 e. The minimum atomic E-state index is 0.416. The Bertz CT molecular complexity index is 257. The number of rotatable bonds is 4. The van der Waals surface area contributed by atoms with Gasteiger partial charge in [-0.2, -0.15) is 0 Å². The third-order valence-electron chi connectivity index (χ3n) is 1.69. The molecule has 1 atom stereocenters. The number of hydrogen-bond acceptors (Lipinski definition) is 2. The van der Waals surface area contributed by atoms with Crippen molar-refractivity contribution in [3.8, 4) is 0 Å². The quantitative estimate of drug-likeness (QED) is 0.803. The smallest absolute Gasteiger partial charge is 0.0701 e. The van der Waals surface area contributed by atoms with E-state index in [0.717, 1.165) is 6.42 Å². The van der Waals surface area contributed by atoms with Crippen LogP contribution >= 0.6 is 27.3 Å². The number of nitrogens with one attached hydrogen (secondary N) is 1. The van der Waals surface area contributed by atoms with Gasteiger partial charge in [-0.25, -0.2) is 0 Å². The molecule has 0 saturated heterocycles. The third-order valence-corrected chi connectivity index (χ3v) is 3.43. The van der Waals surface area contributed by atoms with Crippen LogP contribution in [0.4, 0.5) is 0 Å². The van der Waals surface area contributed by atoms with Gasteiger partial charge in [0.1, 0.15) is 0 Å². The summed E-state index contributed by atoms with van der Waals surface area (Å²) in [5, 5.41) is 3.25. The first-order valence-electron chi connectivity index (χ1n) is 3.81. The van der Waals surface area contributed by atoms with Crippen LogP contribution in [0.3, 0.4) is 0 Å². The Morgan fingerprint density at radius 3 is 2.92 bits per heavy atom. The Morgan fingerprint density at radius 1 is 1.75 bits per heavy atom. The van der Waals surface area contributed by atoms with Crippen molar-refractivity contribution >= 4 is 27.3 Å². The van der Waals surface area contributed by atoms with Crippen molar-refractivity contribution in [2.24, 2.45) is 0 Å². The summed E-state index contributed by atoms with van der Waals surface area (Å²) in [6.45, 7) is 3.73. The van der Waals surface area contributed by atoms with E-state index in [4.69, 9.17) is 0 Å². The van der Waals surface area contributed by atoms with E-state index in [0.29, 0.717) is 6.04 Å². The number of halogens is 1. The summed E-state index contributed by atoms with van der Waals surface area (Å²) in [4.78, 5) is 1.35. The lowest BCUT2D eigenvalue weighted by Crippen LogP contribution is -2.13. The van der Waals surface area contributed by atoms with E-state index in [-0.39, 0.29) is 0 Å². The number of hydrogen-bond donors (Lipinski definition) is 1. The lowest BCUT2D eigenvalue weighted by atomic mass is 10.2. The first kappa shape index (κ1) is 9.96. The summed E-state index contributed by atoms with van der Waals surface area (Å²) in [5.74, 6) is 0. The van der Waals surface area contributed by atoms with Crippen LogP contribution in [0.2, 0.25) is 0 Å². The van der Waals surface area contributed by atoms with Gasteiger partial charge in [0.25, 0.3) is 0 Å². The van der Waals surface area contributed by atoms with Crippen molar-refractivity contribution in [2.45, 2.75) is 12.5 Å². The van der Waals surface area contributed by atoms with E-state index >= 15 is 0 Å². The van der Waals surface area contributed by atoms with Gasteiger partial charge in [0.15, 0.2) is 0 Å². The molecule has 1 aromatic rings. The molecule has 0 amide bonds. The second-order valence-corrected chi connectivity index (χ2v) is 5.00. The van der Waals surface area contributed by atoms with Crippen LogP contribution in [-0.2, 0) is 0 Å². The molecule has 12 heavy (non-hydrogen) atoms. The van der Waals surface area contributed by atoms with E-state index in [1.54, 1.807) is 11.3 Å². The van der Waals surface area contributed by atoms with Crippen molar-refractivity contribution in [1.82, 2.24) is 5.32 Å². The maximum absolute atomic E-state index is 3.73. The maximum atomic E-state index is 3.73. The molecule has 0 fully saturated rings. The standard InChI is InChI=1S/C9H12BrNS/c1-3-4-7(11-2)8-5-6-9(10)12-8/h3,5-7,11H,1,4H2,2H3. The summed E-state index contributed by atoms with van der Waals surface area (Å²) in [6, 6.07) is 4.63. The molecule has 3 heteroatoms. The predicted molar refractivity (Wildman–Crippen MR) is 58.6 cm³/mol. The van der Waals surface area contributed by atoms with Gasteiger partial charge in [-0.15, -0.1) is 17.9 Å². The molecule has 0 aliphatic heterocycles. The molecule has 0 aliphatic rings. The van der Waals surface area contributed by atoms with Crippen molar-refractivity contribution in [1.29, 1.82) is 0 Å². The van der Waals surface area contributed by atoms with Gasteiger partial charge in [-0.05, 0) is 41.5 Å². The predicted octanol–water partition coefficient (Wildman–Crippen LogP) is 3.35. The average Bonchev–Trinajstić information content (AvgIpc) is 2.47. The van der Waals surface area contributed by atoms with E-state index in [1.165, 1.54) is 8.66 Å². The maximum Gasteiger partial charge on any atom is 0.0701 e. The summed E-state index contributed by atoms with van der Waals surface area (Å²) >= 11 is 5.21. The molecule has 0 radical (unpaired) electrons. The van der Waals surface area contributed by atoms with E-state index < -0.39 is 0 Å². The van der Waals surface area contributed by atoms with Crippen LogP contribution < -0.4 is 5.32 Å². The molecule has 0 spiro atoms. The Labute approximate surface area is 85.6 Å². The molecule has 1 unspecified atom stereocenters. The SMILES string of the molecule is C=CCC(NC)c1ccc(Br)s1. The average molecular weight is 246 g/mol. The molecule has 0 aliphatic carbocycles. The molecule has 0 bridgehead atoms. The Hall–Kier alpha value is -0.120. The van der Waals surface area contributed by atoms with Gasteiger partial charge < -0.3 is 5.32 Å². The van der Waals surface area contributed by atoms with Gasteiger partial charge in [0, 0.05) is 10.9 Å². The van der Waals surface area contributed by atoms with Crippen LogP contribution in [0, 0.1) is 0 Å². The lowest BCUT2D eigenvalue weighted by Gasteiger charge is -2.10. The fraction of sp³-hybridized carbons (Fsp3) is 0.333. The highest BCUT2D eigenvalue weighted by Gasteiger charge is 2.08. The fourth-order valence-electron chi connectivity index (χ4n) is 1.06. The minimum Gasteiger partial charge on any atom is -0.312 e. The second-order valence-electron chi connectivity index (χ2n) is 2.51. The molecule has 1 heterocycles. The van der Waals surface area contributed by atoms with Crippen LogP contribution in [-0.4, -0.2) is 7.05 Å². The monoisotopic (exact) mass is 245 g/mol. The van der Waals surface area contributed by atoms with Crippen molar-refractivity contribution in [3.63, 3.8) is 0 Å². The van der Waals surface area contributed by atoms with E-state index in [2.05, 4.69) is 40.0 Å². The first-order valence-corrected chi connectivity index (χ1v) is 5.42. The summed E-state index contributed by atoms with van der Waals surface area (Å²) in [6.07, 6.45) is 2.91. The second kappa shape index (κ2) is 4.80.